The van der Waals surface area contributed by atoms with E-state index in [-0.39, 0.29) is 11.3 Å². The van der Waals surface area contributed by atoms with Gasteiger partial charge in [0.2, 0.25) is 0 Å². The summed E-state index contributed by atoms with van der Waals surface area (Å²) in [6.07, 6.45) is 1.42. The van der Waals surface area contributed by atoms with Gasteiger partial charge in [-0.15, -0.1) is 0 Å². The maximum absolute atomic E-state index is 12.7. The third-order valence-corrected chi connectivity index (χ3v) is 4.21. The van der Waals surface area contributed by atoms with Crippen molar-refractivity contribution in [3.8, 4) is 11.1 Å². The normalized spacial score (nSPS) is 10.2. The van der Waals surface area contributed by atoms with Gasteiger partial charge in [0.15, 0.2) is 0 Å². The van der Waals surface area contributed by atoms with Gasteiger partial charge in [-0.1, -0.05) is 49.0 Å². The van der Waals surface area contributed by atoms with Gasteiger partial charge in [0.05, 0.1) is 16.9 Å². The average molecular weight is 373 g/mol. The van der Waals surface area contributed by atoms with Crippen LogP contribution < -0.4 is 16.2 Å². The predicted octanol–water partition coefficient (Wildman–Crippen LogP) is 4.13. The molecule has 0 aromatic heterocycles. The number of benzene rings is 3. The number of carboxylic acids is 1. The van der Waals surface area contributed by atoms with Gasteiger partial charge in [0.25, 0.3) is 5.91 Å². The fourth-order valence-electron chi connectivity index (χ4n) is 2.75. The van der Waals surface area contributed by atoms with E-state index in [2.05, 4.69) is 11.9 Å². The van der Waals surface area contributed by atoms with E-state index in [1.807, 2.05) is 30.3 Å². The molecule has 140 valence electrons. The molecule has 0 aliphatic rings. The number of nitrogens with one attached hydrogen (secondary N) is 1. The molecule has 3 aromatic rings. The quantitative estimate of drug-likeness (QED) is 0.446. The fraction of sp³-hybridized carbons (Fsp3) is 0. The van der Waals surface area contributed by atoms with Crippen LogP contribution in [0.2, 0.25) is 0 Å². The molecule has 0 saturated carbocycles. The second kappa shape index (κ2) is 8.20. The lowest BCUT2D eigenvalue weighted by molar-refractivity contribution is 0.0698. The molecule has 0 aliphatic carbocycles. The molecule has 4 N–H and O–H groups in total. The van der Waals surface area contributed by atoms with Gasteiger partial charge in [0, 0.05) is 11.8 Å². The van der Waals surface area contributed by atoms with Crippen LogP contribution in [0.4, 0.5) is 11.4 Å². The predicted molar refractivity (Wildman–Crippen MR) is 110 cm³/mol. The van der Waals surface area contributed by atoms with E-state index < -0.39 is 11.9 Å². The number of anilines is 2. The molecule has 28 heavy (non-hydrogen) atoms. The minimum Gasteiger partial charge on any atom is -0.478 e. The van der Waals surface area contributed by atoms with Gasteiger partial charge >= 0.3 is 5.97 Å². The summed E-state index contributed by atoms with van der Waals surface area (Å²) in [5.41, 5.74) is 2.87. The zero-order valence-electron chi connectivity index (χ0n) is 15.0. The molecule has 0 saturated heterocycles. The van der Waals surface area contributed by atoms with Gasteiger partial charge < -0.3 is 10.4 Å². The molecular formula is C22H19N3O3. The lowest BCUT2D eigenvalue weighted by Crippen LogP contribution is -2.24. The van der Waals surface area contributed by atoms with Crippen molar-refractivity contribution in [2.45, 2.75) is 0 Å². The van der Waals surface area contributed by atoms with Crippen LogP contribution in [0.15, 0.2) is 85.6 Å². The van der Waals surface area contributed by atoms with Crippen molar-refractivity contribution in [2.75, 3.05) is 10.3 Å². The Labute approximate surface area is 162 Å². The van der Waals surface area contributed by atoms with E-state index in [0.717, 1.165) is 11.1 Å². The van der Waals surface area contributed by atoms with Crippen LogP contribution in [-0.4, -0.2) is 17.0 Å². The smallest absolute Gasteiger partial charge is 0.337 e. The van der Waals surface area contributed by atoms with E-state index in [1.165, 1.54) is 17.3 Å². The summed E-state index contributed by atoms with van der Waals surface area (Å²) < 4.78 is 0. The fourth-order valence-corrected chi connectivity index (χ4v) is 2.75. The molecule has 6 nitrogen and oxygen atoms in total. The van der Waals surface area contributed by atoms with E-state index in [1.54, 1.807) is 36.4 Å². The van der Waals surface area contributed by atoms with E-state index >= 15 is 0 Å². The third-order valence-electron chi connectivity index (χ3n) is 4.21. The monoisotopic (exact) mass is 373 g/mol. The summed E-state index contributed by atoms with van der Waals surface area (Å²) in [7, 11) is 0. The number of carbonyl (C=O) groups excluding carboxylic acids is 1. The summed E-state index contributed by atoms with van der Waals surface area (Å²) in [5, 5.41) is 13.5. The molecule has 0 bridgehead atoms. The van der Waals surface area contributed by atoms with Crippen molar-refractivity contribution in [1.29, 1.82) is 0 Å². The molecule has 0 radical (unpaired) electrons. The van der Waals surface area contributed by atoms with Gasteiger partial charge in [-0.25, -0.2) is 10.6 Å². The molecule has 0 unspecified atom stereocenters. The summed E-state index contributed by atoms with van der Waals surface area (Å²) >= 11 is 0. The van der Waals surface area contributed by atoms with Crippen molar-refractivity contribution in [3.63, 3.8) is 0 Å². The van der Waals surface area contributed by atoms with Crippen LogP contribution in [0.5, 0.6) is 0 Å². The Hall–Kier alpha value is -3.90. The maximum Gasteiger partial charge on any atom is 0.337 e. The van der Waals surface area contributed by atoms with Crippen LogP contribution in [0.1, 0.15) is 20.7 Å². The zero-order valence-corrected chi connectivity index (χ0v) is 15.0. The number of hydrogen-bond donors (Lipinski definition) is 3. The molecule has 6 heteroatoms. The summed E-state index contributed by atoms with van der Waals surface area (Å²) in [4.78, 5) is 24.3. The minimum absolute atomic E-state index is 0.00993. The lowest BCUT2D eigenvalue weighted by atomic mass is 10.0. The Morgan fingerprint density at radius 1 is 0.964 bits per heavy atom. The third kappa shape index (κ3) is 4.08. The highest BCUT2D eigenvalue weighted by atomic mass is 16.4. The molecular weight excluding hydrogens is 354 g/mol. The molecule has 0 heterocycles. The second-order valence-corrected chi connectivity index (χ2v) is 6.03. The highest BCUT2D eigenvalue weighted by Crippen LogP contribution is 2.26. The van der Waals surface area contributed by atoms with Crippen molar-refractivity contribution in [3.05, 3.63) is 96.7 Å². The van der Waals surface area contributed by atoms with Gasteiger partial charge in [-0.3, -0.25) is 9.80 Å². The first kappa shape index (κ1) is 18.9. The molecule has 1 amide bonds. The van der Waals surface area contributed by atoms with Gasteiger partial charge in [-0.2, -0.15) is 0 Å². The van der Waals surface area contributed by atoms with E-state index in [0.29, 0.717) is 11.3 Å². The largest absolute Gasteiger partial charge is 0.478 e. The standard InChI is InChI=1S/C22H19N3O3/c1-2-25(23)18-10-6-9-17(13-18)21(26)24-20-14-16(11-12-19(20)22(27)28)15-7-4-3-5-8-15/h2-14H,1,23H2,(H,24,26)(H,27,28). The SMILES string of the molecule is C=CN(N)c1cccc(C(=O)Nc2cc(-c3ccccc3)ccc2C(=O)O)c1. The summed E-state index contributed by atoms with van der Waals surface area (Å²) in [5.74, 6) is 4.21. The number of carboxylic acid groups (broad SMARTS) is 1. The molecule has 0 atom stereocenters. The topological polar surface area (TPSA) is 95.7 Å². The number of nitrogens with zero attached hydrogens (tertiary/aromatic N) is 1. The number of nitrogens with two attached hydrogens (primary N) is 1. The minimum atomic E-state index is -1.12. The van der Waals surface area contributed by atoms with Crippen molar-refractivity contribution >= 4 is 23.3 Å². The van der Waals surface area contributed by atoms with E-state index in [4.69, 9.17) is 5.84 Å². The van der Waals surface area contributed by atoms with Crippen molar-refractivity contribution in [2.24, 2.45) is 5.84 Å². The number of carbonyl (C=O) groups is 2. The van der Waals surface area contributed by atoms with Crippen LogP contribution in [0, 0.1) is 0 Å². The Morgan fingerprint density at radius 2 is 1.71 bits per heavy atom. The zero-order chi connectivity index (χ0) is 20.1. The van der Waals surface area contributed by atoms with Gasteiger partial charge in [0.1, 0.15) is 0 Å². The molecule has 3 aromatic carbocycles. The summed E-state index contributed by atoms with van der Waals surface area (Å²) in [6, 6.07) is 21.0. The summed E-state index contributed by atoms with van der Waals surface area (Å²) in [6.45, 7) is 3.58. The second-order valence-electron chi connectivity index (χ2n) is 6.03. The molecule has 0 spiro atoms. The molecule has 0 fully saturated rings. The number of rotatable bonds is 6. The Balaban J connectivity index is 1.95. The number of amides is 1. The van der Waals surface area contributed by atoms with Gasteiger partial charge in [-0.05, 0) is 41.5 Å². The first-order chi connectivity index (χ1) is 13.5. The Morgan fingerprint density at radius 3 is 2.39 bits per heavy atom. The molecule has 0 aliphatic heterocycles. The first-order valence-electron chi connectivity index (χ1n) is 8.50. The maximum atomic E-state index is 12.7. The van der Waals surface area contributed by atoms with Crippen LogP contribution in [-0.2, 0) is 0 Å². The Kier molecular flexibility index (Phi) is 5.53. The number of aromatic carboxylic acids is 1. The number of hydrazine groups is 1. The van der Waals surface area contributed by atoms with Crippen molar-refractivity contribution in [1.82, 2.24) is 0 Å². The van der Waals surface area contributed by atoms with Crippen LogP contribution in [0.3, 0.4) is 0 Å². The lowest BCUT2D eigenvalue weighted by Gasteiger charge is -2.15. The first-order valence-corrected chi connectivity index (χ1v) is 8.50. The molecule has 3 rings (SSSR count). The van der Waals surface area contributed by atoms with Crippen molar-refractivity contribution < 1.29 is 14.7 Å². The average Bonchev–Trinajstić information content (AvgIpc) is 2.73. The van der Waals surface area contributed by atoms with Crippen LogP contribution in [0.25, 0.3) is 11.1 Å². The number of hydrogen-bond acceptors (Lipinski definition) is 4. The Bertz CT molecular complexity index is 1030. The highest BCUT2D eigenvalue weighted by molar-refractivity contribution is 6.08. The van der Waals surface area contributed by atoms with E-state index in [9.17, 15) is 14.7 Å². The van der Waals surface area contributed by atoms with Crippen LogP contribution >= 0.6 is 0 Å². The highest BCUT2D eigenvalue weighted by Gasteiger charge is 2.15.